The van der Waals surface area contributed by atoms with Crippen LogP contribution in [-0.4, -0.2) is 31.2 Å². The van der Waals surface area contributed by atoms with Crippen molar-refractivity contribution in [3.63, 3.8) is 0 Å². The summed E-state index contributed by atoms with van der Waals surface area (Å²) in [5, 5.41) is 2.70. The highest BCUT2D eigenvalue weighted by Gasteiger charge is 2.24. The number of carbonyl (C=O) groups is 3. The summed E-state index contributed by atoms with van der Waals surface area (Å²) in [5.74, 6) is -0.637. The van der Waals surface area contributed by atoms with Crippen molar-refractivity contribution >= 4 is 23.3 Å². The standard InChI is InChI=1S/C20H19FN2O3/c1-23-17-7-4-14(11-15(17)12-20(23)26)18(24)8-9-22-19(25)10-13-2-5-16(21)6-3-13/h2-7,11H,8-10,12H2,1H3,(H,22,25). The Kier molecular flexibility index (Phi) is 5.11. The summed E-state index contributed by atoms with van der Waals surface area (Å²) in [7, 11) is 1.71. The van der Waals surface area contributed by atoms with Crippen LogP contribution in [0, 0.1) is 5.82 Å². The first kappa shape index (κ1) is 17.8. The molecule has 2 aromatic carbocycles. The number of Topliss-reactive ketones (excluding diaryl/α,β-unsaturated/α-hetero) is 1. The van der Waals surface area contributed by atoms with E-state index in [0.29, 0.717) is 17.5 Å². The average molecular weight is 354 g/mol. The van der Waals surface area contributed by atoms with Gasteiger partial charge in [-0.15, -0.1) is 0 Å². The van der Waals surface area contributed by atoms with Crippen molar-refractivity contribution in [2.75, 3.05) is 18.5 Å². The molecule has 134 valence electrons. The summed E-state index contributed by atoms with van der Waals surface area (Å²) >= 11 is 0. The van der Waals surface area contributed by atoms with Gasteiger partial charge in [0.2, 0.25) is 11.8 Å². The molecule has 5 nitrogen and oxygen atoms in total. The van der Waals surface area contributed by atoms with Gasteiger partial charge >= 0.3 is 0 Å². The Morgan fingerprint density at radius 2 is 1.88 bits per heavy atom. The highest BCUT2D eigenvalue weighted by Crippen LogP contribution is 2.28. The molecule has 0 saturated carbocycles. The SMILES string of the molecule is CN1C(=O)Cc2cc(C(=O)CCNC(=O)Cc3ccc(F)cc3)ccc21. The molecule has 1 aliphatic heterocycles. The Morgan fingerprint density at radius 3 is 2.62 bits per heavy atom. The van der Waals surface area contributed by atoms with E-state index in [2.05, 4.69) is 5.32 Å². The van der Waals surface area contributed by atoms with Crippen LogP contribution in [-0.2, 0) is 22.4 Å². The van der Waals surface area contributed by atoms with Crippen molar-refractivity contribution in [2.24, 2.45) is 0 Å². The van der Waals surface area contributed by atoms with Crippen LogP contribution in [0.15, 0.2) is 42.5 Å². The van der Waals surface area contributed by atoms with Crippen LogP contribution in [0.1, 0.15) is 27.9 Å². The van der Waals surface area contributed by atoms with Crippen molar-refractivity contribution in [2.45, 2.75) is 19.3 Å². The lowest BCUT2D eigenvalue weighted by Crippen LogP contribution is -2.27. The molecule has 6 heteroatoms. The van der Waals surface area contributed by atoms with Crippen molar-refractivity contribution in [3.05, 3.63) is 65.0 Å². The fraction of sp³-hybridized carbons (Fsp3) is 0.250. The molecule has 3 rings (SSSR count). The number of carbonyl (C=O) groups excluding carboxylic acids is 3. The summed E-state index contributed by atoms with van der Waals surface area (Å²) < 4.78 is 12.8. The van der Waals surface area contributed by atoms with E-state index in [1.807, 2.05) is 0 Å². The predicted octanol–water partition coefficient (Wildman–Crippen LogP) is 2.28. The van der Waals surface area contributed by atoms with Gasteiger partial charge in [0.15, 0.2) is 5.78 Å². The zero-order chi connectivity index (χ0) is 18.7. The molecule has 2 amide bonds. The number of anilines is 1. The highest BCUT2D eigenvalue weighted by molar-refractivity contribution is 6.03. The van der Waals surface area contributed by atoms with Gasteiger partial charge in [-0.2, -0.15) is 0 Å². The topological polar surface area (TPSA) is 66.5 Å². The van der Waals surface area contributed by atoms with E-state index in [4.69, 9.17) is 0 Å². The molecule has 0 unspecified atom stereocenters. The molecule has 1 heterocycles. The van der Waals surface area contributed by atoms with Gasteiger partial charge in [0.25, 0.3) is 0 Å². The van der Waals surface area contributed by atoms with Gasteiger partial charge in [-0.25, -0.2) is 4.39 Å². The molecule has 0 fully saturated rings. The van der Waals surface area contributed by atoms with E-state index in [1.54, 1.807) is 42.3 Å². The van der Waals surface area contributed by atoms with Crippen LogP contribution in [0.4, 0.5) is 10.1 Å². The number of amides is 2. The summed E-state index contributed by atoms with van der Waals surface area (Å²) in [6.45, 7) is 0.231. The number of hydrogen-bond donors (Lipinski definition) is 1. The second-order valence-corrected chi connectivity index (χ2v) is 6.30. The first-order valence-electron chi connectivity index (χ1n) is 8.38. The number of halogens is 1. The maximum Gasteiger partial charge on any atom is 0.231 e. The summed E-state index contributed by atoms with van der Waals surface area (Å²) in [6, 6.07) is 11.0. The molecule has 0 spiro atoms. The molecule has 26 heavy (non-hydrogen) atoms. The number of benzene rings is 2. The van der Waals surface area contributed by atoms with E-state index in [1.165, 1.54) is 12.1 Å². The quantitative estimate of drug-likeness (QED) is 0.810. The van der Waals surface area contributed by atoms with E-state index in [0.717, 1.165) is 11.3 Å². The smallest absolute Gasteiger partial charge is 0.231 e. The van der Waals surface area contributed by atoms with Crippen LogP contribution < -0.4 is 10.2 Å². The molecular formula is C20H19FN2O3. The first-order valence-corrected chi connectivity index (χ1v) is 8.38. The lowest BCUT2D eigenvalue weighted by molar-refractivity contribution is -0.120. The van der Waals surface area contributed by atoms with Crippen LogP contribution >= 0.6 is 0 Å². The third-order valence-corrected chi connectivity index (χ3v) is 4.43. The number of fused-ring (bicyclic) bond motifs is 1. The van der Waals surface area contributed by atoms with Gasteiger partial charge in [-0.1, -0.05) is 12.1 Å². The van der Waals surface area contributed by atoms with Gasteiger partial charge in [-0.3, -0.25) is 14.4 Å². The molecular weight excluding hydrogens is 335 g/mol. The second kappa shape index (κ2) is 7.47. The van der Waals surface area contributed by atoms with Gasteiger partial charge in [0.05, 0.1) is 12.8 Å². The first-order chi connectivity index (χ1) is 12.4. The van der Waals surface area contributed by atoms with Gasteiger partial charge < -0.3 is 10.2 Å². The third-order valence-electron chi connectivity index (χ3n) is 4.43. The van der Waals surface area contributed by atoms with E-state index in [-0.39, 0.29) is 42.8 Å². The fourth-order valence-electron chi connectivity index (χ4n) is 2.95. The lowest BCUT2D eigenvalue weighted by Gasteiger charge is -2.10. The highest BCUT2D eigenvalue weighted by atomic mass is 19.1. The number of hydrogen-bond acceptors (Lipinski definition) is 3. The summed E-state index contributed by atoms with van der Waals surface area (Å²) in [5.41, 5.74) is 2.94. The van der Waals surface area contributed by atoms with Crippen LogP contribution in [0.3, 0.4) is 0 Å². The van der Waals surface area contributed by atoms with Crippen molar-refractivity contribution in [1.29, 1.82) is 0 Å². The Morgan fingerprint density at radius 1 is 1.15 bits per heavy atom. The van der Waals surface area contributed by atoms with Crippen LogP contribution in [0.5, 0.6) is 0 Å². The Bertz CT molecular complexity index is 862. The van der Waals surface area contributed by atoms with Crippen molar-refractivity contribution < 1.29 is 18.8 Å². The largest absolute Gasteiger partial charge is 0.355 e. The zero-order valence-corrected chi connectivity index (χ0v) is 14.4. The monoisotopic (exact) mass is 354 g/mol. The second-order valence-electron chi connectivity index (χ2n) is 6.30. The Balaban J connectivity index is 1.50. The number of nitrogens with zero attached hydrogens (tertiary/aromatic N) is 1. The predicted molar refractivity (Wildman–Crippen MR) is 95.6 cm³/mol. The Labute approximate surface area is 150 Å². The fourth-order valence-corrected chi connectivity index (χ4v) is 2.95. The van der Waals surface area contributed by atoms with Gasteiger partial charge in [0.1, 0.15) is 5.82 Å². The van der Waals surface area contributed by atoms with Gasteiger partial charge in [-0.05, 0) is 41.5 Å². The summed E-state index contributed by atoms with van der Waals surface area (Å²) in [6.07, 6.45) is 0.626. The minimum Gasteiger partial charge on any atom is -0.355 e. The van der Waals surface area contributed by atoms with E-state index >= 15 is 0 Å². The van der Waals surface area contributed by atoms with Crippen LogP contribution in [0.25, 0.3) is 0 Å². The minimum absolute atomic E-state index is 0.0117. The van der Waals surface area contributed by atoms with Crippen molar-refractivity contribution in [3.8, 4) is 0 Å². The molecule has 0 saturated heterocycles. The zero-order valence-electron chi connectivity index (χ0n) is 14.4. The minimum atomic E-state index is -0.345. The molecule has 0 bridgehead atoms. The molecule has 0 radical (unpaired) electrons. The molecule has 0 aromatic heterocycles. The molecule has 1 aliphatic rings. The molecule has 0 atom stereocenters. The average Bonchev–Trinajstić information content (AvgIpc) is 2.90. The van der Waals surface area contributed by atoms with E-state index < -0.39 is 0 Å². The maximum absolute atomic E-state index is 12.8. The van der Waals surface area contributed by atoms with E-state index in [9.17, 15) is 18.8 Å². The van der Waals surface area contributed by atoms with Crippen molar-refractivity contribution in [1.82, 2.24) is 5.32 Å². The number of rotatable bonds is 6. The Hall–Kier alpha value is -3.02. The summed E-state index contributed by atoms with van der Waals surface area (Å²) in [4.78, 5) is 37.5. The number of nitrogens with one attached hydrogen (secondary N) is 1. The van der Waals surface area contributed by atoms with Crippen LogP contribution in [0.2, 0.25) is 0 Å². The molecule has 1 N–H and O–H groups in total. The third kappa shape index (κ3) is 3.96. The molecule has 0 aliphatic carbocycles. The normalized spacial score (nSPS) is 12.8. The molecule has 2 aromatic rings. The maximum atomic E-state index is 12.8. The number of ketones is 1. The number of likely N-dealkylation sites (N-methyl/N-ethyl adjacent to an activating group) is 1. The van der Waals surface area contributed by atoms with Gasteiger partial charge in [0, 0.05) is 31.3 Å². The lowest BCUT2D eigenvalue weighted by atomic mass is 10.0.